The molecule has 0 bridgehead atoms. The van der Waals surface area contributed by atoms with E-state index in [0.29, 0.717) is 5.69 Å². The van der Waals surface area contributed by atoms with E-state index in [1.807, 2.05) is 30.3 Å². The molecule has 0 atom stereocenters. The van der Waals surface area contributed by atoms with Gasteiger partial charge in [-0.3, -0.25) is 14.8 Å². The Hall–Kier alpha value is -2.14. The molecule has 0 aliphatic carbocycles. The maximum Gasteiger partial charge on any atom is 0.283 e. The number of nitrogens with one attached hydrogen (secondary N) is 1. The number of hydrogen-bond donors (Lipinski definition) is 2. The Balaban J connectivity index is 2.46. The monoisotopic (exact) mass is 202 g/mol. The number of nitrogen functional groups attached to an aromatic ring is 1. The second kappa shape index (κ2) is 3.93. The number of rotatable bonds is 2. The number of nitrogens with zero attached hydrogens (tertiary/aromatic N) is 2. The number of nitrogens with two attached hydrogens (primary N) is 1. The molecule has 1 heterocycles. The fraction of sp³-hybridized carbons (Fsp3) is 0. The van der Waals surface area contributed by atoms with Crippen LogP contribution in [0.3, 0.4) is 0 Å². The quantitative estimate of drug-likeness (QED) is 0.422. The molecule has 0 fully saturated rings. The van der Waals surface area contributed by atoms with Crippen molar-refractivity contribution in [1.82, 2.24) is 15.0 Å². The summed E-state index contributed by atoms with van der Waals surface area (Å²) in [6, 6.07) is 9.45. The molecule has 0 aliphatic heterocycles. The first-order valence-corrected chi connectivity index (χ1v) is 4.41. The van der Waals surface area contributed by atoms with Gasteiger partial charge in [0.2, 0.25) is 0 Å². The van der Waals surface area contributed by atoms with Crippen molar-refractivity contribution in [3.63, 3.8) is 0 Å². The topological polar surface area (TPSA) is 72.9 Å². The summed E-state index contributed by atoms with van der Waals surface area (Å²) in [5, 5.41) is 0. The van der Waals surface area contributed by atoms with Crippen molar-refractivity contribution in [3.05, 3.63) is 48.5 Å². The smallest absolute Gasteiger partial charge is 0.283 e. The minimum Gasteiger partial charge on any atom is -0.295 e. The lowest BCUT2D eigenvalue weighted by Gasteiger charge is -2.05. The lowest BCUT2D eigenvalue weighted by Crippen LogP contribution is -2.31. The molecule has 0 saturated heterocycles. The van der Waals surface area contributed by atoms with Crippen LogP contribution >= 0.6 is 0 Å². The molecule has 0 saturated carbocycles. The Morgan fingerprint density at radius 3 is 2.73 bits per heavy atom. The summed E-state index contributed by atoms with van der Waals surface area (Å²) in [5.74, 6) is 4.71. The molecule has 2 aromatic rings. The number of benzene rings is 1. The average Bonchev–Trinajstić information content (AvgIpc) is 2.78. The molecule has 0 spiro atoms. The number of hydrazine groups is 1. The summed E-state index contributed by atoms with van der Waals surface area (Å²) in [6.45, 7) is 0. The Bertz CT molecular complexity index is 463. The SMILES string of the molecule is NNC(=O)c1cncn1-c1ccccc1. The van der Waals surface area contributed by atoms with Gasteiger partial charge < -0.3 is 0 Å². The highest BCUT2D eigenvalue weighted by Crippen LogP contribution is 2.09. The van der Waals surface area contributed by atoms with Crippen molar-refractivity contribution in [2.24, 2.45) is 5.84 Å². The van der Waals surface area contributed by atoms with Crippen LogP contribution in [0, 0.1) is 0 Å². The Morgan fingerprint density at radius 1 is 1.33 bits per heavy atom. The van der Waals surface area contributed by atoms with E-state index < -0.39 is 0 Å². The third-order valence-corrected chi connectivity index (χ3v) is 2.04. The van der Waals surface area contributed by atoms with Crippen LogP contribution in [-0.2, 0) is 0 Å². The van der Waals surface area contributed by atoms with Gasteiger partial charge in [0, 0.05) is 5.69 Å². The summed E-state index contributed by atoms with van der Waals surface area (Å²) < 4.78 is 1.67. The highest BCUT2D eigenvalue weighted by atomic mass is 16.2. The molecule has 15 heavy (non-hydrogen) atoms. The van der Waals surface area contributed by atoms with Crippen LogP contribution in [0.25, 0.3) is 5.69 Å². The van der Waals surface area contributed by atoms with Crippen LogP contribution in [-0.4, -0.2) is 15.5 Å². The first-order chi connectivity index (χ1) is 7.33. The van der Waals surface area contributed by atoms with Crippen LogP contribution < -0.4 is 11.3 Å². The van der Waals surface area contributed by atoms with Crippen molar-refractivity contribution < 1.29 is 4.79 Å². The van der Waals surface area contributed by atoms with E-state index in [2.05, 4.69) is 10.4 Å². The minimum atomic E-state index is -0.364. The largest absolute Gasteiger partial charge is 0.295 e. The maximum atomic E-state index is 11.4. The Kier molecular flexibility index (Phi) is 2.47. The van der Waals surface area contributed by atoms with Gasteiger partial charge in [-0.1, -0.05) is 18.2 Å². The molecule has 5 nitrogen and oxygen atoms in total. The predicted octanol–water partition coefficient (Wildman–Crippen LogP) is 0.476. The molecule has 1 aromatic heterocycles. The van der Waals surface area contributed by atoms with E-state index in [1.165, 1.54) is 6.20 Å². The third-order valence-electron chi connectivity index (χ3n) is 2.04. The molecular weight excluding hydrogens is 192 g/mol. The second-order valence-electron chi connectivity index (χ2n) is 2.96. The zero-order chi connectivity index (χ0) is 10.7. The van der Waals surface area contributed by atoms with E-state index in [4.69, 9.17) is 5.84 Å². The van der Waals surface area contributed by atoms with Gasteiger partial charge in [0.05, 0.1) is 12.5 Å². The Morgan fingerprint density at radius 2 is 2.07 bits per heavy atom. The van der Waals surface area contributed by atoms with E-state index >= 15 is 0 Å². The van der Waals surface area contributed by atoms with E-state index in [-0.39, 0.29) is 5.91 Å². The molecule has 2 rings (SSSR count). The minimum absolute atomic E-state index is 0.364. The van der Waals surface area contributed by atoms with Gasteiger partial charge in [-0.15, -0.1) is 0 Å². The lowest BCUT2D eigenvalue weighted by atomic mass is 10.3. The summed E-state index contributed by atoms with van der Waals surface area (Å²) in [5.41, 5.74) is 3.35. The molecule has 1 amide bonds. The number of carbonyl (C=O) groups excluding carboxylic acids is 1. The zero-order valence-electron chi connectivity index (χ0n) is 7.92. The fourth-order valence-corrected chi connectivity index (χ4v) is 1.33. The lowest BCUT2D eigenvalue weighted by molar-refractivity contribution is 0.0947. The van der Waals surface area contributed by atoms with Crippen LogP contribution in [0.5, 0.6) is 0 Å². The number of imidazole rings is 1. The highest BCUT2D eigenvalue weighted by Gasteiger charge is 2.10. The van der Waals surface area contributed by atoms with Crippen LogP contribution in [0.4, 0.5) is 0 Å². The van der Waals surface area contributed by atoms with Crippen molar-refractivity contribution in [3.8, 4) is 5.69 Å². The van der Waals surface area contributed by atoms with Crippen LogP contribution in [0.2, 0.25) is 0 Å². The molecule has 5 heteroatoms. The summed E-state index contributed by atoms with van der Waals surface area (Å²) in [6.07, 6.45) is 3.04. The van der Waals surface area contributed by atoms with Gasteiger partial charge in [0.25, 0.3) is 5.91 Å². The van der Waals surface area contributed by atoms with E-state index in [0.717, 1.165) is 5.69 Å². The van der Waals surface area contributed by atoms with Crippen molar-refractivity contribution in [1.29, 1.82) is 0 Å². The standard InChI is InChI=1S/C10H10N4O/c11-13-10(15)9-6-12-7-14(9)8-4-2-1-3-5-8/h1-7H,11H2,(H,13,15). The average molecular weight is 202 g/mol. The highest BCUT2D eigenvalue weighted by molar-refractivity contribution is 5.92. The Labute approximate surface area is 86.5 Å². The van der Waals surface area contributed by atoms with Gasteiger partial charge >= 0.3 is 0 Å². The van der Waals surface area contributed by atoms with Gasteiger partial charge in [0.15, 0.2) is 0 Å². The first-order valence-electron chi connectivity index (χ1n) is 4.41. The number of para-hydroxylation sites is 1. The zero-order valence-corrected chi connectivity index (χ0v) is 7.92. The first kappa shape index (κ1) is 9.42. The van der Waals surface area contributed by atoms with Gasteiger partial charge in [-0.25, -0.2) is 10.8 Å². The van der Waals surface area contributed by atoms with Crippen LogP contribution in [0.15, 0.2) is 42.9 Å². The van der Waals surface area contributed by atoms with Gasteiger partial charge in [-0.2, -0.15) is 0 Å². The second-order valence-corrected chi connectivity index (χ2v) is 2.96. The van der Waals surface area contributed by atoms with Crippen molar-refractivity contribution in [2.75, 3.05) is 0 Å². The molecule has 1 aromatic carbocycles. The van der Waals surface area contributed by atoms with E-state index in [1.54, 1.807) is 10.9 Å². The van der Waals surface area contributed by atoms with Crippen LogP contribution in [0.1, 0.15) is 10.5 Å². The van der Waals surface area contributed by atoms with E-state index in [9.17, 15) is 4.79 Å². The third kappa shape index (κ3) is 1.72. The maximum absolute atomic E-state index is 11.4. The predicted molar refractivity (Wildman–Crippen MR) is 55.2 cm³/mol. The normalized spacial score (nSPS) is 9.93. The number of amides is 1. The summed E-state index contributed by atoms with van der Waals surface area (Å²) in [4.78, 5) is 15.3. The molecule has 0 radical (unpaired) electrons. The van der Waals surface area contributed by atoms with Gasteiger partial charge in [0.1, 0.15) is 5.69 Å². The van der Waals surface area contributed by atoms with Gasteiger partial charge in [-0.05, 0) is 12.1 Å². The van der Waals surface area contributed by atoms with Crippen molar-refractivity contribution in [2.45, 2.75) is 0 Å². The number of hydrogen-bond acceptors (Lipinski definition) is 3. The molecule has 76 valence electrons. The van der Waals surface area contributed by atoms with Crippen molar-refractivity contribution >= 4 is 5.91 Å². The number of carbonyl (C=O) groups is 1. The summed E-state index contributed by atoms with van der Waals surface area (Å²) >= 11 is 0. The molecule has 3 N–H and O–H groups in total. The molecule has 0 unspecified atom stereocenters. The molecular formula is C10H10N4O. The number of aromatic nitrogens is 2. The molecule has 0 aliphatic rings. The fourth-order valence-electron chi connectivity index (χ4n) is 1.33. The summed E-state index contributed by atoms with van der Waals surface area (Å²) in [7, 11) is 0.